The maximum absolute atomic E-state index is 6.19. The van der Waals surface area contributed by atoms with Gasteiger partial charge in [0.1, 0.15) is 0 Å². The second kappa shape index (κ2) is 19.8. The van der Waals surface area contributed by atoms with E-state index in [2.05, 4.69) is 119 Å². The Balaban J connectivity index is 0.000000155. The van der Waals surface area contributed by atoms with Crippen LogP contribution in [0.5, 0.6) is 23.0 Å². The largest absolute Gasteiger partial charge is 2.00 e. The summed E-state index contributed by atoms with van der Waals surface area (Å²) in [5.74, 6) is 2.81. The molecule has 74 heavy (non-hydrogen) atoms. The first-order valence-electron chi connectivity index (χ1n) is 23.8. The molecule has 0 radical (unpaired) electrons. The Labute approximate surface area is 453 Å². The molecule has 364 valence electrons. The number of benzene rings is 6. The Kier molecular flexibility index (Phi) is 12.9. The van der Waals surface area contributed by atoms with Gasteiger partial charge in [0.05, 0.1) is 44.9 Å². The summed E-state index contributed by atoms with van der Waals surface area (Å²) in [6.07, 6.45) is 10.7. The van der Waals surface area contributed by atoms with Crippen LogP contribution in [0, 0.1) is 24.3 Å². The molecular formula is C60H42N10O2Pt2. The first-order chi connectivity index (χ1) is 35.3. The van der Waals surface area contributed by atoms with Gasteiger partial charge in [-0.25, -0.2) is 0 Å². The number of nitrogens with zero attached hydrogens (tertiary/aromatic N) is 10. The van der Waals surface area contributed by atoms with Crippen molar-refractivity contribution < 1.29 is 51.6 Å². The van der Waals surface area contributed by atoms with Crippen molar-refractivity contribution in [2.24, 2.45) is 0 Å². The predicted molar refractivity (Wildman–Crippen MR) is 282 cm³/mol. The van der Waals surface area contributed by atoms with Crippen molar-refractivity contribution >= 4 is 77.0 Å². The summed E-state index contributed by atoms with van der Waals surface area (Å²) in [5, 5.41) is 12.5. The molecule has 0 atom stereocenters. The van der Waals surface area contributed by atoms with Crippen LogP contribution in [0.3, 0.4) is 0 Å². The first kappa shape index (κ1) is 48.2. The summed E-state index contributed by atoms with van der Waals surface area (Å²) >= 11 is 0. The minimum absolute atomic E-state index is 0. The van der Waals surface area contributed by atoms with E-state index in [4.69, 9.17) is 29.4 Å². The van der Waals surface area contributed by atoms with E-state index in [0.717, 1.165) is 88.3 Å². The van der Waals surface area contributed by atoms with Gasteiger partial charge in [0.25, 0.3) is 0 Å². The topological polar surface area (TPSA) is 114 Å². The Hall–Kier alpha value is -8.04. The van der Waals surface area contributed by atoms with E-state index in [-0.39, 0.29) is 42.1 Å². The van der Waals surface area contributed by atoms with Gasteiger partial charge in [0.2, 0.25) is 0 Å². The number of hydrogen-bond acceptors (Lipinski definition) is 8. The molecule has 0 N–H and O–H groups in total. The number of ether oxygens (including phenoxy) is 2. The molecule has 8 heterocycles. The molecule has 0 aliphatic heterocycles. The van der Waals surface area contributed by atoms with Crippen molar-refractivity contribution in [3.8, 4) is 34.4 Å². The van der Waals surface area contributed by atoms with Crippen LogP contribution < -0.4 is 9.47 Å². The van der Waals surface area contributed by atoms with E-state index in [0.29, 0.717) is 34.8 Å². The second-order valence-electron chi connectivity index (χ2n) is 18.2. The molecule has 0 fully saturated rings. The van der Waals surface area contributed by atoms with Crippen LogP contribution in [0.2, 0.25) is 0 Å². The average Bonchev–Trinajstić information content (AvgIpc) is 4.26. The molecule has 8 aromatic heterocycles. The fourth-order valence-corrected chi connectivity index (χ4v) is 9.77. The third-order valence-corrected chi connectivity index (χ3v) is 13.0. The van der Waals surface area contributed by atoms with E-state index in [9.17, 15) is 0 Å². The van der Waals surface area contributed by atoms with Gasteiger partial charge in [-0.15, -0.1) is 36.4 Å². The molecule has 0 saturated heterocycles. The van der Waals surface area contributed by atoms with Crippen molar-refractivity contribution in [2.45, 2.75) is 39.5 Å². The fourth-order valence-electron chi connectivity index (χ4n) is 9.77. The van der Waals surface area contributed by atoms with Gasteiger partial charge in [-0.3, -0.25) is 19.3 Å². The molecule has 0 aliphatic rings. The van der Waals surface area contributed by atoms with Gasteiger partial charge < -0.3 is 28.2 Å². The third-order valence-electron chi connectivity index (χ3n) is 13.0. The van der Waals surface area contributed by atoms with Crippen molar-refractivity contribution in [2.75, 3.05) is 0 Å². The number of fused-ring (bicyclic) bond motifs is 16. The van der Waals surface area contributed by atoms with Crippen LogP contribution in [-0.4, -0.2) is 48.3 Å². The summed E-state index contributed by atoms with van der Waals surface area (Å²) in [6.45, 7) is 8.84. The second-order valence-corrected chi connectivity index (χ2v) is 18.2. The van der Waals surface area contributed by atoms with Crippen LogP contribution >= 0.6 is 0 Å². The smallest absolute Gasteiger partial charge is 0.501 e. The van der Waals surface area contributed by atoms with Gasteiger partial charge in [0, 0.05) is 47.3 Å². The third kappa shape index (κ3) is 8.38. The maximum Gasteiger partial charge on any atom is 2.00 e. The average molecular weight is 1330 g/mol. The summed E-state index contributed by atoms with van der Waals surface area (Å²) < 4.78 is 20.3. The van der Waals surface area contributed by atoms with Gasteiger partial charge in [-0.05, 0) is 117 Å². The van der Waals surface area contributed by atoms with E-state index < -0.39 is 0 Å². The number of para-hydroxylation sites is 4. The van der Waals surface area contributed by atoms with Crippen molar-refractivity contribution in [3.05, 3.63) is 206 Å². The Morgan fingerprint density at radius 1 is 0.432 bits per heavy atom. The van der Waals surface area contributed by atoms with Crippen molar-refractivity contribution in [1.29, 1.82) is 0 Å². The van der Waals surface area contributed by atoms with Gasteiger partial charge in [0.15, 0.2) is 0 Å². The zero-order chi connectivity index (χ0) is 48.5. The minimum Gasteiger partial charge on any atom is -0.501 e. The molecule has 0 spiro atoms. The number of rotatable bonds is 8. The normalized spacial score (nSPS) is 11.5. The molecule has 0 unspecified atom stereocenters. The van der Waals surface area contributed by atoms with Crippen molar-refractivity contribution in [3.63, 3.8) is 0 Å². The van der Waals surface area contributed by atoms with Crippen LogP contribution in [0.4, 0.5) is 0 Å². The molecule has 0 saturated carbocycles. The SMILES string of the molecule is CC(C)c1cccc2c1c1ncc(Oc3[c-]c(-n4cccn4)ccc3)[c-]c1c1nc3ccccc3n21.CC(C)c1cccc2c1c1ncc(Oc3[c-]c(-n4cccn4)ccc3)[c-]c1c1nc3ccccc3n21.[Pt+2].[Pt+2]. The summed E-state index contributed by atoms with van der Waals surface area (Å²) in [7, 11) is 0. The zero-order valence-corrected chi connectivity index (χ0v) is 44.8. The number of hydrogen-bond donors (Lipinski definition) is 0. The van der Waals surface area contributed by atoms with Crippen LogP contribution in [0.1, 0.15) is 50.7 Å². The zero-order valence-electron chi connectivity index (χ0n) is 40.2. The first-order valence-corrected chi connectivity index (χ1v) is 23.8. The van der Waals surface area contributed by atoms with Gasteiger partial charge in [-0.2, -0.15) is 22.3 Å². The van der Waals surface area contributed by atoms with Crippen molar-refractivity contribution in [1.82, 2.24) is 48.3 Å². The Morgan fingerprint density at radius 3 is 1.27 bits per heavy atom. The monoisotopic (exact) mass is 1320 g/mol. The molecule has 14 rings (SSSR count). The number of imidazole rings is 2. The standard InChI is InChI=1S/2C30H21N5O.2Pt/c2*1-19(2)23-10-6-13-27-28(23)29-24(30-33-25-11-3-4-12-26(25)35(27)30)17-22(18-31-29)36-21-9-5-8-20(16-21)34-15-7-14-32-34;;/h2*3-15,18-19H,1-2H3;;/q2*-2;2*+2. The minimum atomic E-state index is 0. The van der Waals surface area contributed by atoms with Crippen LogP contribution in [0.15, 0.2) is 171 Å². The molecule has 6 aromatic carbocycles. The van der Waals surface area contributed by atoms with E-state index in [1.807, 2.05) is 97.3 Å². The van der Waals surface area contributed by atoms with Gasteiger partial charge in [-0.1, -0.05) is 99.1 Å². The Bertz CT molecular complexity index is 4100. The number of aromatic nitrogens is 10. The fraction of sp³-hybridized carbons (Fsp3) is 0.100. The molecule has 14 heteroatoms. The summed E-state index contributed by atoms with van der Waals surface area (Å²) in [5.41, 5.74) is 13.6. The summed E-state index contributed by atoms with van der Waals surface area (Å²) in [4.78, 5) is 19.8. The molecule has 0 bridgehead atoms. The quantitative estimate of drug-likeness (QED) is 0.109. The van der Waals surface area contributed by atoms with E-state index >= 15 is 0 Å². The molecule has 0 amide bonds. The molecule has 14 aromatic rings. The van der Waals surface area contributed by atoms with Crippen LogP contribution in [0.25, 0.3) is 88.3 Å². The predicted octanol–water partition coefficient (Wildman–Crippen LogP) is 13.8. The van der Waals surface area contributed by atoms with Gasteiger partial charge >= 0.3 is 42.1 Å². The maximum atomic E-state index is 6.19. The van der Waals surface area contributed by atoms with E-state index in [1.165, 1.54) is 11.1 Å². The van der Waals surface area contributed by atoms with Crippen LogP contribution in [-0.2, 0) is 42.1 Å². The van der Waals surface area contributed by atoms with E-state index in [1.54, 1.807) is 34.2 Å². The Morgan fingerprint density at radius 2 is 0.851 bits per heavy atom. The molecule has 0 aliphatic carbocycles. The molecular weight excluding hydrogens is 1280 g/mol. The number of pyridine rings is 4. The molecule has 12 nitrogen and oxygen atoms in total. The summed E-state index contributed by atoms with van der Waals surface area (Å²) in [6, 6.07) is 57.9.